The third kappa shape index (κ3) is 3.47. The monoisotopic (exact) mass is 273 g/mol. The van der Waals surface area contributed by atoms with E-state index >= 15 is 0 Å². The third-order valence-corrected chi connectivity index (χ3v) is 3.01. The normalized spacial score (nSPS) is 16.9. The largest absolute Gasteiger partial charge is 0.497 e. The van der Waals surface area contributed by atoms with Gasteiger partial charge in [0.05, 0.1) is 26.0 Å². The molecular formula is C13H17F2NO3. The number of benzene rings is 1. The summed E-state index contributed by atoms with van der Waals surface area (Å²) in [7, 11) is 1.52. The van der Waals surface area contributed by atoms with Crippen LogP contribution in [0.2, 0.25) is 0 Å². The number of alkyl halides is 2. The SMILES string of the molecule is COc1ccc(OC(F)F)c(NCC2(C)COC2)c1. The Morgan fingerprint density at radius 3 is 2.68 bits per heavy atom. The van der Waals surface area contributed by atoms with Crippen molar-refractivity contribution in [3.05, 3.63) is 18.2 Å². The van der Waals surface area contributed by atoms with Crippen molar-refractivity contribution in [3.8, 4) is 11.5 Å². The van der Waals surface area contributed by atoms with Crippen LogP contribution in [0.5, 0.6) is 11.5 Å². The van der Waals surface area contributed by atoms with Crippen molar-refractivity contribution >= 4 is 5.69 Å². The number of ether oxygens (including phenoxy) is 3. The average molecular weight is 273 g/mol. The van der Waals surface area contributed by atoms with Gasteiger partial charge in [-0.05, 0) is 12.1 Å². The molecule has 4 nitrogen and oxygen atoms in total. The van der Waals surface area contributed by atoms with Gasteiger partial charge in [-0.3, -0.25) is 0 Å². The number of halogens is 2. The molecule has 0 aromatic heterocycles. The first-order chi connectivity index (χ1) is 9.02. The van der Waals surface area contributed by atoms with Crippen LogP contribution in [0.4, 0.5) is 14.5 Å². The van der Waals surface area contributed by atoms with E-state index in [0.29, 0.717) is 31.2 Å². The summed E-state index contributed by atoms with van der Waals surface area (Å²) in [5, 5.41) is 3.12. The summed E-state index contributed by atoms with van der Waals surface area (Å²) in [6.07, 6.45) is 0. The number of anilines is 1. The van der Waals surface area contributed by atoms with Gasteiger partial charge in [0, 0.05) is 18.0 Å². The number of methoxy groups -OCH3 is 1. The van der Waals surface area contributed by atoms with Gasteiger partial charge in [-0.15, -0.1) is 0 Å². The van der Waals surface area contributed by atoms with Crippen LogP contribution >= 0.6 is 0 Å². The molecule has 1 saturated heterocycles. The van der Waals surface area contributed by atoms with Crippen LogP contribution in [0.3, 0.4) is 0 Å². The standard InChI is InChI=1S/C13H17F2NO3/c1-13(7-18-8-13)6-16-10-5-9(17-2)3-4-11(10)19-12(14)15/h3-5,12,16H,6-8H2,1-2H3. The second kappa shape index (κ2) is 5.61. The topological polar surface area (TPSA) is 39.7 Å². The zero-order valence-electron chi connectivity index (χ0n) is 10.9. The van der Waals surface area contributed by atoms with Crippen molar-refractivity contribution < 1.29 is 23.0 Å². The summed E-state index contributed by atoms with van der Waals surface area (Å²) in [5.41, 5.74) is 0.526. The van der Waals surface area contributed by atoms with E-state index < -0.39 is 6.61 Å². The predicted molar refractivity (Wildman–Crippen MR) is 67.0 cm³/mol. The molecule has 0 unspecified atom stereocenters. The van der Waals surface area contributed by atoms with Crippen LogP contribution in [0.1, 0.15) is 6.92 Å². The van der Waals surface area contributed by atoms with Gasteiger partial charge in [0.1, 0.15) is 11.5 Å². The lowest BCUT2D eigenvalue weighted by atomic mass is 9.88. The van der Waals surface area contributed by atoms with E-state index in [-0.39, 0.29) is 11.2 Å². The van der Waals surface area contributed by atoms with Crippen molar-refractivity contribution in [1.82, 2.24) is 0 Å². The zero-order valence-corrected chi connectivity index (χ0v) is 10.9. The lowest BCUT2D eigenvalue weighted by Crippen LogP contribution is -2.45. The fourth-order valence-electron chi connectivity index (χ4n) is 1.83. The Morgan fingerprint density at radius 1 is 1.42 bits per heavy atom. The Labute approximate surface area is 110 Å². The van der Waals surface area contributed by atoms with E-state index in [9.17, 15) is 8.78 Å². The van der Waals surface area contributed by atoms with Gasteiger partial charge in [0.2, 0.25) is 0 Å². The highest BCUT2D eigenvalue weighted by Crippen LogP contribution is 2.33. The Balaban J connectivity index is 2.10. The Morgan fingerprint density at radius 2 is 2.16 bits per heavy atom. The van der Waals surface area contributed by atoms with Gasteiger partial charge in [0.15, 0.2) is 0 Å². The molecule has 1 heterocycles. The van der Waals surface area contributed by atoms with Gasteiger partial charge >= 0.3 is 6.61 Å². The molecule has 1 aliphatic rings. The van der Waals surface area contributed by atoms with Crippen LogP contribution in [-0.4, -0.2) is 33.5 Å². The van der Waals surface area contributed by atoms with Crippen molar-refractivity contribution in [1.29, 1.82) is 0 Å². The van der Waals surface area contributed by atoms with Gasteiger partial charge in [-0.2, -0.15) is 8.78 Å². The van der Waals surface area contributed by atoms with Crippen LogP contribution in [0.25, 0.3) is 0 Å². The van der Waals surface area contributed by atoms with Gasteiger partial charge < -0.3 is 19.5 Å². The molecule has 1 aromatic carbocycles. The van der Waals surface area contributed by atoms with E-state index in [4.69, 9.17) is 9.47 Å². The summed E-state index contributed by atoms with van der Waals surface area (Å²) in [4.78, 5) is 0. The molecule has 0 bridgehead atoms. The minimum absolute atomic E-state index is 0.0329. The molecule has 0 saturated carbocycles. The maximum atomic E-state index is 12.3. The van der Waals surface area contributed by atoms with Crippen molar-refractivity contribution in [3.63, 3.8) is 0 Å². The molecule has 0 aliphatic carbocycles. The summed E-state index contributed by atoms with van der Waals surface area (Å²) in [6.45, 7) is 1.16. The Kier molecular flexibility index (Phi) is 4.09. The van der Waals surface area contributed by atoms with Gasteiger partial charge in [-0.25, -0.2) is 0 Å². The van der Waals surface area contributed by atoms with E-state index in [1.807, 2.05) is 0 Å². The first kappa shape index (κ1) is 13.9. The number of rotatable bonds is 6. The minimum atomic E-state index is -2.85. The Bertz CT molecular complexity index is 436. The number of nitrogens with one attached hydrogen (secondary N) is 1. The van der Waals surface area contributed by atoms with Gasteiger partial charge in [0.25, 0.3) is 0 Å². The molecule has 106 valence electrons. The average Bonchev–Trinajstić information content (AvgIpc) is 2.34. The molecule has 0 atom stereocenters. The van der Waals surface area contributed by atoms with Gasteiger partial charge in [-0.1, -0.05) is 6.92 Å². The highest BCUT2D eigenvalue weighted by molar-refractivity contribution is 5.60. The molecule has 0 spiro atoms. The highest BCUT2D eigenvalue weighted by Gasteiger charge is 2.33. The first-order valence-corrected chi connectivity index (χ1v) is 5.97. The van der Waals surface area contributed by atoms with E-state index in [1.54, 1.807) is 12.1 Å². The lowest BCUT2D eigenvalue weighted by Gasteiger charge is -2.38. The Hall–Kier alpha value is -1.56. The second-order valence-electron chi connectivity index (χ2n) is 4.90. The first-order valence-electron chi connectivity index (χ1n) is 5.97. The molecule has 2 rings (SSSR count). The molecule has 1 fully saturated rings. The maximum Gasteiger partial charge on any atom is 0.387 e. The minimum Gasteiger partial charge on any atom is -0.497 e. The van der Waals surface area contributed by atoms with Crippen molar-refractivity contribution in [2.45, 2.75) is 13.5 Å². The third-order valence-electron chi connectivity index (χ3n) is 3.01. The van der Waals surface area contributed by atoms with E-state index in [1.165, 1.54) is 13.2 Å². The summed E-state index contributed by atoms with van der Waals surface area (Å²) in [6, 6.07) is 4.69. The summed E-state index contributed by atoms with van der Waals surface area (Å²) >= 11 is 0. The summed E-state index contributed by atoms with van der Waals surface area (Å²) in [5.74, 6) is 0.693. The molecule has 6 heteroatoms. The smallest absolute Gasteiger partial charge is 0.387 e. The molecule has 0 radical (unpaired) electrons. The van der Waals surface area contributed by atoms with E-state index in [0.717, 1.165) is 0 Å². The summed E-state index contributed by atoms with van der Waals surface area (Å²) < 4.78 is 39.4. The zero-order chi connectivity index (χ0) is 13.9. The maximum absolute atomic E-state index is 12.3. The highest BCUT2D eigenvalue weighted by atomic mass is 19.3. The molecule has 1 N–H and O–H groups in total. The lowest BCUT2D eigenvalue weighted by molar-refractivity contribution is -0.0925. The van der Waals surface area contributed by atoms with Crippen LogP contribution in [0.15, 0.2) is 18.2 Å². The van der Waals surface area contributed by atoms with E-state index in [2.05, 4.69) is 17.0 Å². The molecule has 0 amide bonds. The molecule has 1 aliphatic heterocycles. The number of hydrogen-bond acceptors (Lipinski definition) is 4. The van der Waals surface area contributed by atoms with Crippen molar-refractivity contribution in [2.75, 3.05) is 32.2 Å². The van der Waals surface area contributed by atoms with Crippen molar-refractivity contribution in [2.24, 2.45) is 5.41 Å². The van der Waals surface area contributed by atoms with Crippen LogP contribution < -0.4 is 14.8 Å². The van der Waals surface area contributed by atoms with Crippen LogP contribution in [-0.2, 0) is 4.74 Å². The van der Waals surface area contributed by atoms with Crippen LogP contribution in [0, 0.1) is 5.41 Å². The molecular weight excluding hydrogens is 256 g/mol. The molecule has 1 aromatic rings. The molecule has 19 heavy (non-hydrogen) atoms. The predicted octanol–water partition coefficient (Wildman–Crippen LogP) is 2.75. The fraction of sp³-hybridized carbons (Fsp3) is 0.538. The number of hydrogen-bond donors (Lipinski definition) is 1. The second-order valence-corrected chi connectivity index (χ2v) is 4.90. The quantitative estimate of drug-likeness (QED) is 0.865. The fourth-order valence-corrected chi connectivity index (χ4v) is 1.83.